The maximum atomic E-state index is 12.0. The fraction of sp³-hybridized carbons (Fsp3) is 0.550. The second-order valence-electron chi connectivity index (χ2n) is 6.33. The van der Waals surface area contributed by atoms with Crippen molar-refractivity contribution in [2.45, 2.75) is 44.8 Å². The Morgan fingerprint density at radius 2 is 1.96 bits per heavy atom. The molecular weight excluding hydrogens is 334 g/mol. The van der Waals surface area contributed by atoms with E-state index in [9.17, 15) is 4.79 Å². The van der Waals surface area contributed by atoms with Crippen molar-refractivity contribution in [3.63, 3.8) is 0 Å². The van der Waals surface area contributed by atoms with Crippen molar-refractivity contribution in [1.29, 1.82) is 0 Å². The molecule has 2 rings (SSSR count). The van der Waals surface area contributed by atoms with Gasteiger partial charge in [-0.3, -0.25) is 4.79 Å². The lowest BCUT2D eigenvalue weighted by Gasteiger charge is -2.13. The summed E-state index contributed by atoms with van der Waals surface area (Å²) in [6.45, 7) is 2.80. The molecule has 0 radical (unpaired) electrons. The number of allylic oxidation sites excluding steroid dienone is 1. The number of amides is 1. The zero-order valence-electron chi connectivity index (χ0n) is 15.5. The van der Waals surface area contributed by atoms with Crippen LogP contribution in [0.5, 0.6) is 11.5 Å². The highest BCUT2D eigenvalue weighted by molar-refractivity contribution is 7.99. The highest BCUT2D eigenvalue weighted by Crippen LogP contribution is 2.31. The number of methoxy groups -OCH3 is 2. The summed E-state index contributed by atoms with van der Waals surface area (Å²) >= 11 is 1.62. The smallest absolute Gasteiger partial charge is 0.230 e. The molecule has 1 amide bonds. The number of hydrogen-bond acceptors (Lipinski definition) is 4. The molecule has 0 bridgehead atoms. The summed E-state index contributed by atoms with van der Waals surface area (Å²) in [4.78, 5) is 12.0. The molecule has 1 aromatic rings. The Morgan fingerprint density at radius 3 is 2.64 bits per heavy atom. The Hall–Kier alpha value is -1.62. The maximum absolute atomic E-state index is 12.0. The van der Waals surface area contributed by atoms with Gasteiger partial charge in [-0.25, -0.2) is 0 Å². The summed E-state index contributed by atoms with van der Waals surface area (Å²) < 4.78 is 10.7. The molecule has 25 heavy (non-hydrogen) atoms. The number of thioether (sulfide) groups is 1. The van der Waals surface area contributed by atoms with Crippen LogP contribution in [0.3, 0.4) is 0 Å². The number of carbonyl (C=O) groups is 1. The fourth-order valence-corrected chi connectivity index (χ4v) is 3.90. The van der Waals surface area contributed by atoms with Gasteiger partial charge < -0.3 is 14.8 Å². The summed E-state index contributed by atoms with van der Waals surface area (Å²) in [7, 11) is 3.28. The molecule has 0 unspecified atom stereocenters. The first-order valence-electron chi connectivity index (χ1n) is 8.88. The third kappa shape index (κ3) is 6.31. The van der Waals surface area contributed by atoms with Gasteiger partial charge in [0.15, 0.2) is 11.5 Å². The number of hydrogen-bond donors (Lipinski definition) is 1. The van der Waals surface area contributed by atoms with Gasteiger partial charge in [0, 0.05) is 12.3 Å². The summed E-state index contributed by atoms with van der Waals surface area (Å²) in [5.74, 6) is 2.84. The molecule has 138 valence electrons. The molecule has 0 heterocycles. The SMILES string of the molecule is COc1cc(C)c(CSCC(=O)NCCC2=CCCCC2)cc1OC. The maximum Gasteiger partial charge on any atom is 0.230 e. The van der Waals surface area contributed by atoms with E-state index in [0.29, 0.717) is 5.75 Å². The van der Waals surface area contributed by atoms with Gasteiger partial charge in [0.1, 0.15) is 0 Å². The summed E-state index contributed by atoms with van der Waals surface area (Å²) in [6, 6.07) is 3.97. The van der Waals surface area contributed by atoms with E-state index in [0.717, 1.165) is 35.8 Å². The van der Waals surface area contributed by atoms with Crippen molar-refractivity contribution >= 4 is 17.7 Å². The summed E-state index contributed by atoms with van der Waals surface area (Å²) in [5.41, 5.74) is 3.82. The highest BCUT2D eigenvalue weighted by atomic mass is 32.2. The Kier molecular flexibility index (Phi) is 8.19. The zero-order valence-corrected chi connectivity index (χ0v) is 16.3. The number of rotatable bonds is 9. The minimum atomic E-state index is 0.111. The topological polar surface area (TPSA) is 47.6 Å². The highest BCUT2D eigenvalue weighted by Gasteiger charge is 2.10. The lowest BCUT2D eigenvalue weighted by molar-refractivity contribution is -0.118. The standard InChI is InChI=1S/C20H29NO3S/c1-15-11-18(23-2)19(24-3)12-17(15)13-25-14-20(22)21-10-9-16-7-5-4-6-8-16/h7,11-12H,4-6,8-10,13-14H2,1-3H3,(H,21,22). The molecule has 0 saturated heterocycles. The van der Waals surface area contributed by atoms with E-state index in [1.807, 2.05) is 12.1 Å². The minimum Gasteiger partial charge on any atom is -0.493 e. The van der Waals surface area contributed by atoms with Gasteiger partial charge in [0.2, 0.25) is 5.91 Å². The van der Waals surface area contributed by atoms with E-state index in [2.05, 4.69) is 18.3 Å². The van der Waals surface area contributed by atoms with Crippen LogP contribution in [0.15, 0.2) is 23.8 Å². The molecule has 1 aliphatic carbocycles. The molecule has 5 heteroatoms. The predicted molar refractivity (Wildman–Crippen MR) is 105 cm³/mol. The van der Waals surface area contributed by atoms with Crippen LogP contribution in [0.1, 0.15) is 43.2 Å². The molecule has 0 aromatic heterocycles. The quantitative estimate of drug-likeness (QED) is 0.666. The average Bonchev–Trinajstić information content (AvgIpc) is 2.63. The molecule has 1 aromatic carbocycles. The molecule has 0 aliphatic heterocycles. The number of carbonyl (C=O) groups excluding carboxylic acids is 1. The van der Waals surface area contributed by atoms with Gasteiger partial charge in [-0.05, 0) is 62.3 Å². The summed E-state index contributed by atoms with van der Waals surface area (Å²) in [6.07, 6.45) is 8.32. The first-order chi connectivity index (χ1) is 12.1. The second-order valence-corrected chi connectivity index (χ2v) is 7.32. The Labute approximate surface area is 155 Å². The van der Waals surface area contributed by atoms with Crippen LogP contribution in [-0.4, -0.2) is 32.4 Å². The van der Waals surface area contributed by atoms with E-state index in [1.165, 1.54) is 36.8 Å². The molecule has 0 spiro atoms. The van der Waals surface area contributed by atoms with Crippen molar-refractivity contribution < 1.29 is 14.3 Å². The molecule has 0 saturated carbocycles. The lowest BCUT2D eigenvalue weighted by Crippen LogP contribution is -2.26. The molecule has 0 atom stereocenters. The van der Waals surface area contributed by atoms with Gasteiger partial charge in [-0.2, -0.15) is 0 Å². The van der Waals surface area contributed by atoms with Crippen LogP contribution in [0.2, 0.25) is 0 Å². The second kappa shape index (κ2) is 10.4. The first kappa shape index (κ1) is 19.7. The van der Waals surface area contributed by atoms with Crippen LogP contribution in [0, 0.1) is 6.92 Å². The normalized spacial score (nSPS) is 14.0. The third-order valence-corrected chi connectivity index (χ3v) is 5.47. The minimum absolute atomic E-state index is 0.111. The van der Waals surface area contributed by atoms with Crippen LogP contribution in [-0.2, 0) is 10.5 Å². The zero-order chi connectivity index (χ0) is 18.1. The van der Waals surface area contributed by atoms with Gasteiger partial charge in [0.25, 0.3) is 0 Å². The van der Waals surface area contributed by atoms with Gasteiger partial charge in [-0.1, -0.05) is 11.6 Å². The third-order valence-electron chi connectivity index (χ3n) is 4.49. The first-order valence-corrected chi connectivity index (χ1v) is 10.0. The van der Waals surface area contributed by atoms with Crippen molar-refractivity contribution in [2.75, 3.05) is 26.5 Å². The number of ether oxygens (including phenoxy) is 2. The number of benzene rings is 1. The predicted octanol–water partition coefficient (Wildman–Crippen LogP) is 4.25. The Bertz CT molecular complexity index is 613. The van der Waals surface area contributed by atoms with E-state index in [1.54, 1.807) is 26.0 Å². The van der Waals surface area contributed by atoms with Gasteiger partial charge in [-0.15, -0.1) is 11.8 Å². The Balaban J connectivity index is 1.72. The van der Waals surface area contributed by atoms with Crippen LogP contribution in [0.4, 0.5) is 0 Å². The van der Waals surface area contributed by atoms with Crippen LogP contribution < -0.4 is 14.8 Å². The van der Waals surface area contributed by atoms with Crippen molar-refractivity contribution in [3.05, 3.63) is 34.9 Å². The van der Waals surface area contributed by atoms with E-state index < -0.39 is 0 Å². The average molecular weight is 364 g/mol. The molecule has 1 N–H and O–H groups in total. The fourth-order valence-electron chi connectivity index (χ4n) is 2.98. The van der Waals surface area contributed by atoms with Crippen LogP contribution in [0.25, 0.3) is 0 Å². The van der Waals surface area contributed by atoms with E-state index >= 15 is 0 Å². The van der Waals surface area contributed by atoms with Crippen LogP contribution >= 0.6 is 11.8 Å². The van der Waals surface area contributed by atoms with E-state index in [-0.39, 0.29) is 5.91 Å². The molecular formula is C20H29NO3S. The number of nitrogens with one attached hydrogen (secondary N) is 1. The largest absolute Gasteiger partial charge is 0.493 e. The van der Waals surface area contributed by atoms with Crippen molar-refractivity contribution in [1.82, 2.24) is 5.32 Å². The van der Waals surface area contributed by atoms with Gasteiger partial charge in [0.05, 0.1) is 20.0 Å². The summed E-state index contributed by atoms with van der Waals surface area (Å²) in [5, 5.41) is 3.03. The molecule has 0 fully saturated rings. The molecule has 4 nitrogen and oxygen atoms in total. The van der Waals surface area contributed by atoms with Crippen molar-refractivity contribution in [3.8, 4) is 11.5 Å². The van der Waals surface area contributed by atoms with Gasteiger partial charge >= 0.3 is 0 Å². The molecule has 1 aliphatic rings. The van der Waals surface area contributed by atoms with E-state index in [4.69, 9.17) is 9.47 Å². The Morgan fingerprint density at radius 1 is 1.20 bits per heavy atom. The number of aryl methyl sites for hydroxylation is 1. The lowest BCUT2D eigenvalue weighted by atomic mass is 9.97. The van der Waals surface area contributed by atoms with Crippen molar-refractivity contribution in [2.24, 2.45) is 0 Å². The monoisotopic (exact) mass is 363 g/mol.